The summed E-state index contributed by atoms with van der Waals surface area (Å²) in [7, 11) is 2.62. The van der Waals surface area contributed by atoms with Gasteiger partial charge >= 0.3 is 11.9 Å². The molecule has 1 rings (SSSR count). The molecule has 2 unspecified atom stereocenters. The quantitative estimate of drug-likeness (QED) is 0.551. The van der Waals surface area contributed by atoms with Gasteiger partial charge in [-0.2, -0.15) is 0 Å². The lowest BCUT2D eigenvalue weighted by atomic mass is 9.39. The Hall–Kier alpha value is -1.51. The van der Waals surface area contributed by atoms with Crippen molar-refractivity contribution in [2.75, 3.05) is 14.2 Å². The lowest BCUT2D eigenvalue weighted by Gasteiger charge is -2.27. The number of ether oxygens (including phenoxy) is 2. The van der Waals surface area contributed by atoms with Crippen LogP contribution >= 0.6 is 0 Å². The second kappa shape index (κ2) is 8.57. The highest BCUT2D eigenvalue weighted by Crippen LogP contribution is 2.31. The average Bonchev–Trinajstić information content (AvgIpc) is 2.46. The van der Waals surface area contributed by atoms with Crippen molar-refractivity contribution in [3.05, 3.63) is 0 Å². The number of hydrogen-bond donors (Lipinski definition) is 0. The van der Waals surface area contributed by atoms with E-state index in [1.165, 1.54) is 14.2 Å². The first-order chi connectivity index (χ1) is 8.62. The molecule has 0 radical (unpaired) electrons. The van der Waals surface area contributed by atoms with Gasteiger partial charge in [-0.25, -0.2) is 5.26 Å². The molecule has 0 amide bonds. The summed E-state index contributed by atoms with van der Waals surface area (Å²) in [5.74, 6) is 0.664. The smallest absolute Gasteiger partial charge is 0.308 e. The number of esters is 2. The van der Waals surface area contributed by atoms with Crippen LogP contribution in [0.15, 0.2) is 0 Å². The Balaban J connectivity index is 0.00000137. The number of methoxy groups -OCH3 is 2. The topological polar surface area (TPSA) is 76.4 Å². The summed E-state index contributed by atoms with van der Waals surface area (Å²) in [5.41, 5.74) is 0. The van der Waals surface area contributed by atoms with Crippen molar-refractivity contribution in [3.8, 4) is 5.97 Å². The van der Waals surface area contributed by atoms with E-state index < -0.39 is 0 Å². The summed E-state index contributed by atoms with van der Waals surface area (Å²) in [6.45, 7) is 3.72. The summed E-state index contributed by atoms with van der Waals surface area (Å²) < 4.78 is 9.29. The molecule has 1 aliphatic rings. The van der Waals surface area contributed by atoms with E-state index in [2.05, 4.69) is 15.4 Å². The van der Waals surface area contributed by atoms with Gasteiger partial charge in [-0.05, 0) is 19.1 Å². The molecule has 0 aromatic heterocycles. The number of rotatable bonds is 2. The first kappa shape index (κ1) is 16.5. The maximum atomic E-state index is 11.4. The standard InChI is InChI=1S/C10H14BNO4.C2H6/c1-15-9(13)7-3-8(10(14)16-2)5-11(4-7)6-12;1-2/h7-8H,3-5H2,1-2H3;1-2H3. The molecule has 1 aliphatic heterocycles. The molecule has 1 heterocycles. The summed E-state index contributed by atoms with van der Waals surface area (Å²) in [4.78, 5) is 22.8. The van der Waals surface area contributed by atoms with Crippen molar-refractivity contribution in [2.45, 2.75) is 32.9 Å². The van der Waals surface area contributed by atoms with Crippen LogP contribution in [0.3, 0.4) is 0 Å². The maximum absolute atomic E-state index is 11.4. The van der Waals surface area contributed by atoms with Crippen molar-refractivity contribution in [2.24, 2.45) is 11.8 Å². The molecule has 1 saturated heterocycles. The highest BCUT2D eigenvalue weighted by Gasteiger charge is 2.39. The first-order valence-corrected chi connectivity index (χ1v) is 6.17. The second-order valence-electron chi connectivity index (χ2n) is 3.97. The van der Waals surface area contributed by atoms with Crippen LogP contribution in [0.4, 0.5) is 0 Å². The monoisotopic (exact) mass is 253 g/mol. The Morgan fingerprint density at radius 2 is 1.50 bits per heavy atom. The summed E-state index contributed by atoms with van der Waals surface area (Å²) in [6.07, 6.45) is 1.35. The summed E-state index contributed by atoms with van der Waals surface area (Å²) in [6, 6.07) is 0. The van der Waals surface area contributed by atoms with E-state index in [0.717, 1.165) is 0 Å². The van der Waals surface area contributed by atoms with Gasteiger partial charge in [-0.1, -0.05) is 13.8 Å². The number of carbonyl (C=O) groups is 2. The second-order valence-corrected chi connectivity index (χ2v) is 3.97. The van der Waals surface area contributed by atoms with E-state index in [1.54, 1.807) is 0 Å². The van der Waals surface area contributed by atoms with Crippen LogP contribution in [-0.2, 0) is 19.1 Å². The molecule has 5 nitrogen and oxygen atoms in total. The van der Waals surface area contributed by atoms with Crippen LogP contribution in [-0.4, -0.2) is 32.9 Å². The molecule has 6 heteroatoms. The van der Waals surface area contributed by atoms with Crippen LogP contribution in [0.25, 0.3) is 0 Å². The number of hydrogen-bond acceptors (Lipinski definition) is 5. The van der Waals surface area contributed by atoms with Crippen molar-refractivity contribution >= 4 is 18.7 Å². The highest BCUT2D eigenvalue weighted by atomic mass is 16.5. The van der Waals surface area contributed by atoms with Gasteiger partial charge in [-0.15, -0.1) is 0 Å². The molecule has 1 fully saturated rings. The van der Waals surface area contributed by atoms with Gasteiger partial charge in [0.05, 0.1) is 26.1 Å². The average molecular weight is 253 g/mol. The van der Waals surface area contributed by atoms with E-state index in [4.69, 9.17) is 5.26 Å². The van der Waals surface area contributed by atoms with E-state index in [1.807, 2.05) is 13.8 Å². The predicted octanol–water partition coefficient (Wildman–Crippen LogP) is 1.55. The third kappa shape index (κ3) is 4.40. The molecule has 2 atom stereocenters. The first-order valence-electron chi connectivity index (χ1n) is 6.17. The van der Waals surface area contributed by atoms with Gasteiger partial charge in [0, 0.05) is 5.97 Å². The van der Waals surface area contributed by atoms with Gasteiger partial charge < -0.3 is 9.47 Å². The Labute approximate surface area is 109 Å². The number of nitriles is 1. The summed E-state index contributed by atoms with van der Waals surface area (Å²) in [5, 5.41) is 8.88. The Kier molecular flexibility index (Phi) is 7.85. The normalized spacial score (nSPS) is 22.1. The summed E-state index contributed by atoms with van der Waals surface area (Å²) >= 11 is 0. The maximum Gasteiger partial charge on any atom is 0.308 e. The van der Waals surface area contributed by atoms with Crippen molar-refractivity contribution in [1.29, 1.82) is 5.26 Å². The molecule has 0 bridgehead atoms. The van der Waals surface area contributed by atoms with Gasteiger partial charge in [0.2, 0.25) is 0 Å². The van der Waals surface area contributed by atoms with Gasteiger partial charge in [0.1, 0.15) is 0 Å². The van der Waals surface area contributed by atoms with Crippen molar-refractivity contribution in [1.82, 2.24) is 0 Å². The van der Waals surface area contributed by atoms with Gasteiger partial charge in [-0.3, -0.25) is 9.59 Å². The van der Waals surface area contributed by atoms with E-state index >= 15 is 0 Å². The number of nitrogens with zero attached hydrogens (tertiary/aromatic N) is 1. The minimum atomic E-state index is -0.368. The third-order valence-corrected chi connectivity index (χ3v) is 2.96. The lowest BCUT2D eigenvalue weighted by molar-refractivity contribution is -0.149. The Bertz CT molecular complexity index is 303. The fourth-order valence-electron chi connectivity index (χ4n) is 2.14. The minimum Gasteiger partial charge on any atom is -0.469 e. The van der Waals surface area contributed by atoms with Crippen molar-refractivity contribution < 1.29 is 19.1 Å². The lowest BCUT2D eigenvalue weighted by Crippen LogP contribution is -2.36. The fraction of sp³-hybridized carbons (Fsp3) is 0.750. The molecule has 18 heavy (non-hydrogen) atoms. The number of carbonyl (C=O) groups excluding carboxylic acids is 2. The third-order valence-electron chi connectivity index (χ3n) is 2.96. The molecule has 0 spiro atoms. The van der Waals surface area contributed by atoms with E-state index in [-0.39, 0.29) is 30.5 Å². The molecule has 0 aliphatic carbocycles. The van der Waals surface area contributed by atoms with Crippen LogP contribution in [0.1, 0.15) is 20.3 Å². The molecule has 100 valence electrons. The SMILES string of the molecule is CC.COC(=O)C1CB(C#N)CC(C(=O)OC)C1. The molecule has 0 aromatic rings. The minimum absolute atomic E-state index is 0.276. The zero-order valence-corrected chi connectivity index (χ0v) is 11.4. The van der Waals surface area contributed by atoms with E-state index in [0.29, 0.717) is 19.1 Å². The van der Waals surface area contributed by atoms with Crippen LogP contribution in [0.5, 0.6) is 0 Å². The molecule has 0 aromatic carbocycles. The van der Waals surface area contributed by atoms with Crippen molar-refractivity contribution in [3.63, 3.8) is 0 Å². The largest absolute Gasteiger partial charge is 0.469 e. The van der Waals surface area contributed by atoms with Crippen LogP contribution in [0.2, 0.25) is 12.6 Å². The predicted molar refractivity (Wildman–Crippen MR) is 68.0 cm³/mol. The molecule has 0 N–H and O–H groups in total. The van der Waals surface area contributed by atoms with Crippen LogP contribution < -0.4 is 0 Å². The van der Waals surface area contributed by atoms with Crippen LogP contribution in [0, 0.1) is 23.1 Å². The zero-order chi connectivity index (χ0) is 14.1. The molecular weight excluding hydrogens is 233 g/mol. The zero-order valence-electron chi connectivity index (χ0n) is 11.4. The molecular formula is C12H20BNO4. The highest BCUT2D eigenvalue weighted by molar-refractivity contribution is 6.67. The fourth-order valence-corrected chi connectivity index (χ4v) is 2.14. The van der Waals surface area contributed by atoms with E-state index in [9.17, 15) is 9.59 Å². The Morgan fingerprint density at radius 3 is 1.78 bits per heavy atom. The Morgan fingerprint density at radius 1 is 1.11 bits per heavy atom. The van der Waals surface area contributed by atoms with Gasteiger partial charge in [0.15, 0.2) is 0 Å². The molecule has 0 saturated carbocycles. The van der Waals surface area contributed by atoms with Gasteiger partial charge in [0.25, 0.3) is 6.71 Å².